The largest absolute Gasteiger partial charge is 0.334 e. The summed E-state index contributed by atoms with van der Waals surface area (Å²) < 4.78 is 0. The maximum Gasteiger partial charge on any atom is 0.279 e. The summed E-state index contributed by atoms with van der Waals surface area (Å²) in [6.07, 6.45) is 0. The van der Waals surface area contributed by atoms with Gasteiger partial charge in [0.1, 0.15) is 6.04 Å². The first-order chi connectivity index (χ1) is 9.60. The highest BCUT2D eigenvalue weighted by atomic mass is 32.2. The number of nitrogens with one attached hydrogen (secondary N) is 2. The van der Waals surface area contributed by atoms with E-state index in [4.69, 9.17) is 5.73 Å². The number of hydrogen-bond acceptors (Lipinski definition) is 4. The Bertz CT molecular complexity index is 604. The van der Waals surface area contributed by atoms with E-state index in [0.717, 1.165) is 17.3 Å². The lowest BCUT2D eigenvalue weighted by Gasteiger charge is -2.12. The number of hydrogen-bond donors (Lipinski definition) is 3. The zero-order valence-corrected chi connectivity index (χ0v) is 11.8. The molecule has 1 saturated heterocycles. The Morgan fingerprint density at radius 1 is 1.60 bits per heavy atom. The van der Waals surface area contributed by atoms with Gasteiger partial charge in [0.25, 0.3) is 5.24 Å². The zero-order chi connectivity index (χ0) is 14.5. The highest BCUT2D eigenvalue weighted by Crippen LogP contribution is 2.19. The molecule has 0 saturated carbocycles. The third-order valence-corrected chi connectivity index (χ3v) is 3.63. The molecule has 1 heterocycles. The van der Waals surface area contributed by atoms with Crippen molar-refractivity contribution in [3.05, 3.63) is 29.3 Å². The summed E-state index contributed by atoms with van der Waals surface area (Å²) in [7, 11) is 0. The summed E-state index contributed by atoms with van der Waals surface area (Å²) in [6.45, 7) is 2.19. The Balaban J connectivity index is 2.17. The number of amides is 2. The van der Waals surface area contributed by atoms with Crippen LogP contribution in [0.1, 0.15) is 11.1 Å². The van der Waals surface area contributed by atoms with Crippen LogP contribution in [0.2, 0.25) is 0 Å². The lowest BCUT2D eigenvalue weighted by molar-refractivity contribution is -0.117. The molecule has 6 heteroatoms. The molecule has 104 valence electrons. The van der Waals surface area contributed by atoms with Gasteiger partial charge in [0, 0.05) is 11.3 Å². The van der Waals surface area contributed by atoms with Gasteiger partial charge < -0.3 is 16.4 Å². The fourth-order valence-electron chi connectivity index (χ4n) is 1.76. The second-order valence-electron chi connectivity index (χ2n) is 4.34. The van der Waals surface area contributed by atoms with Crippen molar-refractivity contribution in [3.8, 4) is 11.8 Å². The van der Waals surface area contributed by atoms with Crippen LogP contribution in [0.4, 0.5) is 10.5 Å². The third kappa shape index (κ3) is 3.53. The fourth-order valence-corrected chi connectivity index (χ4v) is 2.54. The van der Waals surface area contributed by atoms with Crippen molar-refractivity contribution in [1.29, 1.82) is 0 Å². The number of carbonyl (C=O) groups is 2. The monoisotopic (exact) mass is 289 g/mol. The minimum atomic E-state index is -0.497. The van der Waals surface area contributed by atoms with Crippen molar-refractivity contribution < 1.29 is 9.59 Å². The normalized spacial score (nSPS) is 17.1. The molecular formula is C14H15N3O2S. The van der Waals surface area contributed by atoms with Gasteiger partial charge in [-0.15, -0.1) is 0 Å². The molecule has 0 radical (unpaired) electrons. The van der Waals surface area contributed by atoms with Crippen LogP contribution in [0.15, 0.2) is 18.2 Å². The third-order valence-electron chi connectivity index (χ3n) is 2.75. The van der Waals surface area contributed by atoms with Crippen molar-refractivity contribution in [2.24, 2.45) is 5.73 Å². The van der Waals surface area contributed by atoms with Gasteiger partial charge >= 0.3 is 0 Å². The Morgan fingerprint density at radius 3 is 3.05 bits per heavy atom. The quantitative estimate of drug-likeness (QED) is 0.711. The molecule has 1 aromatic rings. The van der Waals surface area contributed by atoms with Gasteiger partial charge in [0.05, 0.1) is 12.2 Å². The van der Waals surface area contributed by atoms with E-state index in [9.17, 15) is 9.59 Å². The van der Waals surface area contributed by atoms with Crippen molar-refractivity contribution in [1.82, 2.24) is 5.32 Å². The zero-order valence-electron chi connectivity index (χ0n) is 11.0. The van der Waals surface area contributed by atoms with Crippen LogP contribution >= 0.6 is 11.8 Å². The summed E-state index contributed by atoms with van der Waals surface area (Å²) in [5, 5.41) is 5.25. The predicted molar refractivity (Wildman–Crippen MR) is 80.5 cm³/mol. The Hall–Kier alpha value is -1.97. The van der Waals surface area contributed by atoms with Crippen LogP contribution in [-0.2, 0) is 4.79 Å². The second-order valence-corrected chi connectivity index (χ2v) is 5.33. The van der Waals surface area contributed by atoms with Crippen molar-refractivity contribution in [3.63, 3.8) is 0 Å². The fraction of sp³-hybridized carbons (Fsp3) is 0.286. The number of thioether (sulfide) groups is 1. The summed E-state index contributed by atoms with van der Waals surface area (Å²) in [5.41, 5.74) is 7.73. The number of carbonyl (C=O) groups excluding carboxylic acids is 2. The first kappa shape index (κ1) is 14.4. The van der Waals surface area contributed by atoms with Gasteiger partial charge in [-0.05, 0) is 24.6 Å². The van der Waals surface area contributed by atoms with Gasteiger partial charge in [0.15, 0.2) is 0 Å². The average molecular weight is 289 g/mol. The Kier molecular flexibility index (Phi) is 4.66. The highest BCUT2D eigenvalue weighted by molar-refractivity contribution is 8.14. The number of benzene rings is 1. The number of rotatable bonds is 2. The molecule has 1 atom stereocenters. The summed E-state index contributed by atoms with van der Waals surface area (Å²) in [4.78, 5) is 23.2. The van der Waals surface area contributed by atoms with Crippen LogP contribution in [0, 0.1) is 18.8 Å². The lowest BCUT2D eigenvalue weighted by atomic mass is 10.1. The highest BCUT2D eigenvalue weighted by Gasteiger charge is 2.28. The average Bonchev–Trinajstić information content (AvgIpc) is 2.85. The van der Waals surface area contributed by atoms with Crippen molar-refractivity contribution >= 4 is 28.6 Å². The molecule has 0 aliphatic carbocycles. The topological polar surface area (TPSA) is 84.2 Å². The first-order valence-corrected chi connectivity index (χ1v) is 7.12. The van der Waals surface area contributed by atoms with E-state index < -0.39 is 6.04 Å². The lowest BCUT2D eigenvalue weighted by Crippen LogP contribution is -2.38. The van der Waals surface area contributed by atoms with Crippen LogP contribution in [0.25, 0.3) is 0 Å². The van der Waals surface area contributed by atoms with E-state index >= 15 is 0 Å². The van der Waals surface area contributed by atoms with E-state index in [2.05, 4.69) is 22.5 Å². The maximum atomic E-state index is 12.1. The number of aryl methyl sites for hydroxylation is 1. The van der Waals surface area contributed by atoms with Crippen LogP contribution in [0.5, 0.6) is 0 Å². The molecule has 2 amide bonds. The standard InChI is InChI=1S/C14H15N3O2S/c1-9-4-5-10(3-2-6-15)11(7-9)16-13(18)12-8-20-14(19)17-12/h4-5,7,12H,6,8,15H2,1H3,(H,16,18)(H,17,19). The molecule has 0 aromatic heterocycles. The van der Waals surface area contributed by atoms with E-state index in [-0.39, 0.29) is 17.7 Å². The molecule has 1 aliphatic heterocycles. The summed E-state index contributed by atoms with van der Waals surface area (Å²) in [6, 6.07) is 5.12. The number of anilines is 1. The van der Waals surface area contributed by atoms with E-state index in [0.29, 0.717) is 17.0 Å². The second kappa shape index (κ2) is 6.46. The number of nitrogens with two attached hydrogens (primary N) is 1. The SMILES string of the molecule is Cc1ccc(C#CCN)c(NC(=O)C2CSC(=O)N2)c1. The molecule has 0 spiro atoms. The smallest absolute Gasteiger partial charge is 0.279 e. The Morgan fingerprint density at radius 2 is 2.40 bits per heavy atom. The minimum absolute atomic E-state index is 0.169. The van der Waals surface area contributed by atoms with Crippen LogP contribution in [0.3, 0.4) is 0 Å². The molecule has 1 fully saturated rings. The van der Waals surface area contributed by atoms with Gasteiger partial charge in [-0.25, -0.2) is 0 Å². The Labute approximate surface area is 121 Å². The van der Waals surface area contributed by atoms with E-state index in [1.807, 2.05) is 25.1 Å². The summed E-state index contributed by atoms with van der Waals surface area (Å²) >= 11 is 1.11. The minimum Gasteiger partial charge on any atom is -0.334 e. The van der Waals surface area contributed by atoms with Crippen molar-refractivity contribution in [2.45, 2.75) is 13.0 Å². The molecule has 1 aliphatic rings. The molecule has 20 heavy (non-hydrogen) atoms. The van der Waals surface area contributed by atoms with Gasteiger partial charge in [-0.3, -0.25) is 9.59 Å². The van der Waals surface area contributed by atoms with Gasteiger partial charge in [0.2, 0.25) is 5.91 Å². The summed E-state index contributed by atoms with van der Waals surface area (Å²) in [5.74, 6) is 5.90. The molecule has 5 nitrogen and oxygen atoms in total. The van der Waals surface area contributed by atoms with Crippen LogP contribution in [-0.4, -0.2) is 29.5 Å². The molecule has 0 bridgehead atoms. The molecule has 2 rings (SSSR count). The van der Waals surface area contributed by atoms with E-state index in [1.54, 1.807) is 0 Å². The van der Waals surface area contributed by atoms with Gasteiger partial charge in [-0.2, -0.15) is 0 Å². The molecular weight excluding hydrogens is 274 g/mol. The van der Waals surface area contributed by atoms with E-state index in [1.165, 1.54) is 0 Å². The van der Waals surface area contributed by atoms with Crippen LogP contribution < -0.4 is 16.4 Å². The molecule has 1 unspecified atom stereocenters. The maximum absolute atomic E-state index is 12.1. The van der Waals surface area contributed by atoms with Gasteiger partial charge in [-0.1, -0.05) is 29.7 Å². The predicted octanol–water partition coefficient (Wildman–Crippen LogP) is 1.07. The first-order valence-electron chi connectivity index (χ1n) is 6.14. The molecule has 4 N–H and O–H groups in total. The van der Waals surface area contributed by atoms with Crippen molar-refractivity contribution in [2.75, 3.05) is 17.6 Å². The molecule has 1 aromatic carbocycles.